The van der Waals surface area contributed by atoms with Gasteiger partial charge in [-0.3, -0.25) is 14.6 Å². The maximum Gasteiger partial charge on any atom is 0.308 e. The summed E-state index contributed by atoms with van der Waals surface area (Å²) in [6.07, 6.45) is -0.711. The first-order valence-electron chi connectivity index (χ1n) is 7.68. The van der Waals surface area contributed by atoms with E-state index in [1.54, 1.807) is 6.07 Å². The molecule has 2 heterocycles. The molecule has 1 amide bonds. The van der Waals surface area contributed by atoms with Crippen LogP contribution in [0.3, 0.4) is 0 Å². The predicted octanol–water partition coefficient (Wildman–Crippen LogP) is -0.395. The number of nitrogens with zero attached hydrogens (tertiary/aromatic N) is 1. The molecular formula is C15H18N2O7S. The molecule has 2 aliphatic rings. The summed E-state index contributed by atoms with van der Waals surface area (Å²) in [7, 11) is -2.74. The smallest absolute Gasteiger partial charge is 0.308 e. The molecule has 25 heavy (non-hydrogen) atoms. The Kier molecular flexibility index (Phi) is 4.93. The number of esters is 1. The largest absolute Gasteiger partial charge is 0.493 e. The normalized spacial score (nSPS) is 20.1. The zero-order valence-corrected chi connectivity index (χ0v) is 14.4. The summed E-state index contributed by atoms with van der Waals surface area (Å²) >= 11 is 0. The number of methoxy groups -OCH3 is 1. The molecule has 0 aliphatic carbocycles. The van der Waals surface area contributed by atoms with Gasteiger partial charge < -0.3 is 14.2 Å². The number of ether oxygens (including phenoxy) is 3. The van der Waals surface area contributed by atoms with Crippen LogP contribution in [0.5, 0.6) is 5.75 Å². The molecule has 136 valence electrons. The van der Waals surface area contributed by atoms with Crippen LogP contribution in [-0.2, 0) is 35.5 Å². The second-order valence-electron chi connectivity index (χ2n) is 5.59. The minimum atomic E-state index is -3.94. The number of hydrogen-bond acceptors (Lipinski definition) is 7. The Labute approximate surface area is 144 Å². The highest BCUT2D eigenvalue weighted by atomic mass is 32.2. The maximum atomic E-state index is 12.6. The first-order chi connectivity index (χ1) is 11.9. The van der Waals surface area contributed by atoms with Gasteiger partial charge in [-0.15, -0.1) is 4.83 Å². The van der Waals surface area contributed by atoms with Crippen LogP contribution >= 0.6 is 0 Å². The molecule has 1 saturated heterocycles. The number of amides is 1. The summed E-state index contributed by atoms with van der Waals surface area (Å²) in [6, 6.07) is 4.54. The molecule has 2 aliphatic heterocycles. The summed E-state index contributed by atoms with van der Waals surface area (Å²) in [5.41, 5.74) is 0.805. The number of rotatable bonds is 5. The number of carbonyl (C=O) groups excluding carboxylic acids is 2. The van der Waals surface area contributed by atoms with Crippen LogP contribution in [-0.4, -0.2) is 58.3 Å². The van der Waals surface area contributed by atoms with Crippen LogP contribution in [0.2, 0.25) is 0 Å². The highest BCUT2D eigenvalue weighted by Gasteiger charge is 2.34. The molecule has 1 fully saturated rings. The molecule has 0 bridgehead atoms. The molecule has 3 rings (SSSR count). The number of nitrogens with one attached hydrogen (secondary N) is 1. The van der Waals surface area contributed by atoms with E-state index in [1.807, 2.05) is 0 Å². The zero-order chi connectivity index (χ0) is 18.0. The van der Waals surface area contributed by atoms with Gasteiger partial charge in [0.05, 0.1) is 38.2 Å². The van der Waals surface area contributed by atoms with Crippen molar-refractivity contribution in [2.24, 2.45) is 0 Å². The van der Waals surface area contributed by atoms with Crippen molar-refractivity contribution in [3.8, 4) is 5.75 Å². The number of fused-ring (bicyclic) bond motifs is 1. The Bertz CT molecular complexity index is 793. The van der Waals surface area contributed by atoms with Crippen LogP contribution in [0.4, 0.5) is 0 Å². The van der Waals surface area contributed by atoms with Crippen molar-refractivity contribution < 1.29 is 32.2 Å². The van der Waals surface area contributed by atoms with Crippen LogP contribution in [0.25, 0.3) is 0 Å². The van der Waals surface area contributed by atoms with Crippen molar-refractivity contribution in [3.05, 3.63) is 23.8 Å². The third kappa shape index (κ3) is 3.75. The number of sulfonamides is 1. The van der Waals surface area contributed by atoms with Gasteiger partial charge in [-0.05, 0) is 23.8 Å². The molecule has 1 N–H and O–H groups in total. The van der Waals surface area contributed by atoms with Crippen LogP contribution in [0, 0.1) is 0 Å². The topological polar surface area (TPSA) is 111 Å². The van der Waals surface area contributed by atoms with Crippen molar-refractivity contribution in [1.29, 1.82) is 0 Å². The second kappa shape index (κ2) is 6.98. The third-order valence-corrected chi connectivity index (χ3v) is 5.29. The molecular weight excluding hydrogens is 352 g/mol. The van der Waals surface area contributed by atoms with E-state index in [1.165, 1.54) is 19.2 Å². The van der Waals surface area contributed by atoms with E-state index in [4.69, 9.17) is 9.47 Å². The van der Waals surface area contributed by atoms with E-state index in [9.17, 15) is 18.0 Å². The first-order valence-corrected chi connectivity index (χ1v) is 9.17. The van der Waals surface area contributed by atoms with Crippen molar-refractivity contribution >= 4 is 21.9 Å². The van der Waals surface area contributed by atoms with Gasteiger partial charge in [-0.1, -0.05) is 0 Å². The van der Waals surface area contributed by atoms with Crippen LogP contribution in [0.15, 0.2) is 23.1 Å². The quantitative estimate of drug-likeness (QED) is 0.702. The highest BCUT2D eigenvalue weighted by molar-refractivity contribution is 7.89. The Morgan fingerprint density at radius 2 is 2.20 bits per heavy atom. The molecule has 0 spiro atoms. The molecule has 10 heteroatoms. The highest BCUT2D eigenvalue weighted by Crippen LogP contribution is 2.27. The lowest BCUT2D eigenvalue weighted by molar-refractivity contribution is -0.162. The molecule has 0 saturated carbocycles. The minimum absolute atomic E-state index is 0.0422. The van der Waals surface area contributed by atoms with Crippen molar-refractivity contribution in [3.63, 3.8) is 0 Å². The van der Waals surface area contributed by atoms with Gasteiger partial charge in [0.25, 0.3) is 15.9 Å². The Morgan fingerprint density at radius 1 is 1.40 bits per heavy atom. The average Bonchev–Trinajstić information content (AvgIpc) is 3.06. The standard InChI is InChI=1S/C15H18N2O7S/c1-22-14(18)9-13-15(19)17(5-7-24-13)16-25(20,21)11-2-3-12-10(8-11)4-6-23-12/h2-3,8,13,16H,4-7,9H2,1H3/t13-/m0/s1. The molecule has 0 unspecified atom stereocenters. The SMILES string of the molecule is COC(=O)C[C@@H]1OCCN(NS(=O)(=O)c2ccc3c(c2)CCO3)C1=O. The Morgan fingerprint density at radius 3 is 2.96 bits per heavy atom. The van der Waals surface area contributed by atoms with Crippen LogP contribution in [0.1, 0.15) is 12.0 Å². The van der Waals surface area contributed by atoms with Crippen LogP contribution < -0.4 is 9.57 Å². The maximum absolute atomic E-state index is 12.6. The predicted molar refractivity (Wildman–Crippen MR) is 84.0 cm³/mol. The zero-order valence-electron chi connectivity index (χ0n) is 13.6. The summed E-state index contributed by atoms with van der Waals surface area (Å²) in [5.74, 6) is -0.578. The molecule has 0 radical (unpaired) electrons. The lowest BCUT2D eigenvalue weighted by Gasteiger charge is -2.31. The first kappa shape index (κ1) is 17.6. The van der Waals surface area contributed by atoms with E-state index in [-0.39, 0.29) is 24.5 Å². The van der Waals surface area contributed by atoms with Gasteiger partial charge in [-0.2, -0.15) is 0 Å². The number of morpholine rings is 1. The van der Waals surface area contributed by atoms with E-state index >= 15 is 0 Å². The lowest BCUT2D eigenvalue weighted by Crippen LogP contribution is -2.55. The lowest BCUT2D eigenvalue weighted by atomic mass is 10.2. The van der Waals surface area contributed by atoms with Crippen molar-refractivity contribution in [1.82, 2.24) is 9.84 Å². The fourth-order valence-corrected chi connectivity index (χ4v) is 3.76. The Hall–Kier alpha value is -2.17. The van der Waals surface area contributed by atoms with E-state index in [2.05, 4.69) is 9.57 Å². The number of hydrazine groups is 1. The van der Waals surface area contributed by atoms with E-state index < -0.39 is 28.0 Å². The van der Waals surface area contributed by atoms with Gasteiger partial charge in [0.2, 0.25) is 0 Å². The number of benzene rings is 1. The van der Waals surface area contributed by atoms with Gasteiger partial charge in [0.15, 0.2) is 0 Å². The fraction of sp³-hybridized carbons (Fsp3) is 0.467. The van der Waals surface area contributed by atoms with Crippen molar-refractivity contribution in [2.45, 2.75) is 23.8 Å². The van der Waals surface area contributed by atoms with E-state index in [0.29, 0.717) is 18.8 Å². The fourth-order valence-electron chi connectivity index (χ4n) is 2.64. The van der Waals surface area contributed by atoms with E-state index in [0.717, 1.165) is 10.6 Å². The summed E-state index contributed by atoms with van der Waals surface area (Å²) in [4.78, 5) is 25.9. The van der Waals surface area contributed by atoms with Gasteiger partial charge >= 0.3 is 5.97 Å². The number of hydrogen-bond donors (Lipinski definition) is 1. The average molecular weight is 370 g/mol. The molecule has 1 aromatic rings. The minimum Gasteiger partial charge on any atom is -0.493 e. The molecule has 0 aromatic heterocycles. The van der Waals surface area contributed by atoms with Gasteiger partial charge in [0.1, 0.15) is 11.9 Å². The summed E-state index contributed by atoms with van der Waals surface area (Å²) in [5, 5.41) is 0.955. The molecule has 9 nitrogen and oxygen atoms in total. The summed E-state index contributed by atoms with van der Waals surface area (Å²) < 4.78 is 40.2. The molecule has 1 atom stereocenters. The number of carbonyl (C=O) groups is 2. The second-order valence-corrected chi connectivity index (χ2v) is 7.25. The Balaban J connectivity index is 1.73. The monoisotopic (exact) mass is 370 g/mol. The molecule has 1 aromatic carbocycles. The van der Waals surface area contributed by atoms with Gasteiger partial charge in [-0.25, -0.2) is 8.42 Å². The third-order valence-electron chi connectivity index (χ3n) is 3.96. The van der Waals surface area contributed by atoms with Crippen molar-refractivity contribution in [2.75, 3.05) is 26.9 Å². The summed E-state index contributed by atoms with van der Waals surface area (Å²) in [6.45, 7) is 0.668. The van der Waals surface area contributed by atoms with Gasteiger partial charge in [0, 0.05) is 6.42 Å².